The van der Waals surface area contributed by atoms with Crippen molar-refractivity contribution in [1.29, 1.82) is 0 Å². The molecule has 1 aromatic carbocycles. The van der Waals surface area contributed by atoms with Gasteiger partial charge in [-0.1, -0.05) is 12.1 Å². The first-order chi connectivity index (χ1) is 6.99. The number of halogens is 3. The Bertz CT molecular complexity index is 354. The molecule has 0 amide bonds. The van der Waals surface area contributed by atoms with Crippen LogP contribution in [0.5, 0.6) is 0 Å². The van der Waals surface area contributed by atoms with E-state index in [1.54, 1.807) is 0 Å². The highest BCUT2D eigenvalue weighted by Crippen LogP contribution is 2.28. The molecule has 3 N–H and O–H groups in total. The molecular formula is C9H10F3N3. The average Bonchev–Trinajstić information content (AvgIpc) is 2.19. The molecule has 0 aromatic heterocycles. The zero-order chi connectivity index (χ0) is 11.5. The molecule has 0 radical (unpaired) electrons. The van der Waals surface area contributed by atoms with Gasteiger partial charge >= 0.3 is 6.18 Å². The van der Waals surface area contributed by atoms with Gasteiger partial charge in [0.15, 0.2) is 0 Å². The molecule has 0 saturated carbocycles. The molecule has 6 heteroatoms. The minimum atomic E-state index is -4.32. The van der Waals surface area contributed by atoms with Crippen molar-refractivity contribution >= 4 is 5.84 Å². The SMILES string of the molecule is CN=C(NN)c1ccc(C(F)(F)F)cc1. The second-order valence-corrected chi connectivity index (χ2v) is 2.79. The van der Waals surface area contributed by atoms with Gasteiger partial charge in [-0.25, -0.2) is 5.84 Å². The molecule has 0 aliphatic heterocycles. The van der Waals surface area contributed by atoms with E-state index in [2.05, 4.69) is 10.4 Å². The third-order valence-electron chi connectivity index (χ3n) is 1.85. The number of nitrogens with one attached hydrogen (secondary N) is 1. The van der Waals surface area contributed by atoms with Gasteiger partial charge in [0.05, 0.1) is 5.56 Å². The fraction of sp³-hybridized carbons (Fsp3) is 0.222. The highest BCUT2D eigenvalue weighted by molar-refractivity contribution is 5.98. The van der Waals surface area contributed by atoms with E-state index in [0.717, 1.165) is 12.1 Å². The molecule has 0 fully saturated rings. The second-order valence-electron chi connectivity index (χ2n) is 2.79. The van der Waals surface area contributed by atoms with E-state index in [9.17, 15) is 13.2 Å². The third-order valence-corrected chi connectivity index (χ3v) is 1.85. The van der Waals surface area contributed by atoms with Crippen LogP contribution in [0.1, 0.15) is 11.1 Å². The van der Waals surface area contributed by atoms with Crippen molar-refractivity contribution in [1.82, 2.24) is 5.43 Å². The lowest BCUT2D eigenvalue weighted by atomic mass is 10.1. The summed E-state index contributed by atoms with van der Waals surface area (Å²) in [5.74, 6) is 5.47. The highest BCUT2D eigenvalue weighted by atomic mass is 19.4. The standard InChI is InChI=1S/C9H10F3N3/c1-14-8(15-13)6-2-4-7(5-3-6)9(10,11)12/h2-5H,13H2,1H3,(H,14,15). The van der Waals surface area contributed by atoms with Crippen LogP contribution in [0.25, 0.3) is 0 Å². The maximum atomic E-state index is 12.2. The fourth-order valence-corrected chi connectivity index (χ4v) is 1.09. The van der Waals surface area contributed by atoms with E-state index in [1.807, 2.05) is 0 Å². The van der Waals surface area contributed by atoms with Crippen molar-refractivity contribution in [2.24, 2.45) is 10.8 Å². The number of nitrogens with zero attached hydrogens (tertiary/aromatic N) is 1. The number of amidine groups is 1. The number of hydrogen-bond donors (Lipinski definition) is 2. The third kappa shape index (κ3) is 2.69. The average molecular weight is 217 g/mol. The zero-order valence-corrected chi connectivity index (χ0v) is 7.97. The number of alkyl halides is 3. The van der Waals surface area contributed by atoms with Gasteiger partial charge in [0.25, 0.3) is 0 Å². The lowest BCUT2D eigenvalue weighted by Crippen LogP contribution is -2.30. The number of hydrogen-bond acceptors (Lipinski definition) is 2. The predicted molar refractivity (Wildman–Crippen MR) is 51.2 cm³/mol. The van der Waals surface area contributed by atoms with Crippen molar-refractivity contribution in [2.75, 3.05) is 7.05 Å². The number of rotatable bonds is 1. The van der Waals surface area contributed by atoms with Crippen LogP contribution in [0.3, 0.4) is 0 Å². The van der Waals surface area contributed by atoms with Crippen molar-refractivity contribution in [2.45, 2.75) is 6.18 Å². The van der Waals surface area contributed by atoms with Crippen LogP contribution in [0.15, 0.2) is 29.3 Å². The summed E-state index contributed by atoms with van der Waals surface area (Å²) < 4.78 is 36.6. The molecule has 3 nitrogen and oxygen atoms in total. The molecule has 15 heavy (non-hydrogen) atoms. The van der Waals surface area contributed by atoms with Gasteiger partial charge in [0.1, 0.15) is 5.84 Å². The summed E-state index contributed by atoms with van der Waals surface area (Å²) in [5.41, 5.74) is 2.11. The van der Waals surface area contributed by atoms with E-state index >= 15 is 0 Å². The van der Waals surface area contributed by atoms with Crippen LogP contribution in [-0.4, -0.2) is 12.9 Å². The highest BCUT2D eigenvalue weighted by Gasteiger charge is 2.30. The van der Waals surface area contributed by atoms with E-state index in [0.29, 0.717) is 11.4 Å². The van der Waals surface area contributed by atoms with Crippen LogP contribution in [0.2, 0.25) is 0 Å². The lowest BCUT2D eigenvalue weighted by Gasteiger charge is -2.08. The van der Waals surface area contributed by atoms with E-state index < -0.39 is 11.7 Å². The van der Waals surface area contributed by atoms with Gasteiger partial charge in [-0.3, -0.25) is 4.99 Å². The van der Waals surface area contributed by atoms with Crippen LogP contribution in [0, 0.1) is 0 Å². The minimum absolute atomic E-state index is 0.337. The van der Waals surface area contributed by atoms with Crippen molar-refractivity contribution in [3.8, 4) is 0 Å². The molecule has 0 saturated heterocycles. The van der Waals surface area contributed by atoms with E-state index in [1.165, 1.54) is 19.2 Å². The summed E-state index contributed by atoms with van der Waals surface area (Å²) in [7, 11) is 1.49. The summed E-state index contributed by atoms with van der Waals surface area (Å²) >= 11 is 0. The van der Waals surface area contributed by atoms with Gasteiger partial charge in [0.2, 0.25) is 0 Å². The number of aliphatic imine (C=N–C) groups is 1. The number of nitrogens with two attached hydrogens (primary N) is 1. The summed E-state index contributed by atoms with van der Waals surface area (Å²) in [4.78, 5) is 3.77. The molecule has 82 valence electrons. The minimum Gasteiger partial charge on any atom is -0.308 e. The molecule has 0 bridgehead atoms. The Morgan fingerprint density at radius 2 is 1.80 bits per heavy atom. The quantitative estimate of drug-likeness (QED) is 0.324. The van der Waals surface area contributed by atoms with Gasteiger partial charge in [-0.05, 0) is 12.1 Å². The Hall–Kier alpha value is -1.56. The first-order valence-electron chi connectivity index (χ1n) is 4.10. The monoisotopic (exact) mass is 217 g/mol. The second kappa shape index (κ2) is 4.31. The molecule has 1 rings (SSSR count). The molecule has 0 unspecified atom stereocenters. The Morgan fingerprint density at radius 1 is 1.27 bits per heavy atom. The Kier molecular flexibility index (Phi) is 3.31. The first kappa shape index (κ1) is 11.5. The molecule has 1 aromatic rings. The van der Waals surface area contributed by atoms with Crippen molar-refractivity contribution in [3.05, 3.63) is 35.4 Å². The molecule has 0 atom stereocenters. The van der Waals surface area contributed by atoms with Gasteiger partial charge in [-0.15, -0.1) is 0 Å². The van der Waals surface area contributed by atoms with Gasteiger partial charge in [-0.2, -0.15) is 13.2 Å². The lowest BCUT2D eigenvalue weighted by molar-refractivity contribution is -0.137. The Balaban J connectivity index is 3.00. The van der Waals surface area contributed by atoms with E-state index in [-0.39, 0.29) is 0 Å². The fourth-order valence-electron chi connectivity index (χ4n) is 1.09. The van der Waals surface area contributed by atoms with Gasteiger partial charge in [0, 0.05) is 12.6 Å². The van der Waals surface area contributed by atoms with Gasteiger partial charge < -0.3 is 5.43 Å². The normalized spacial score (nSPS) is 12.7. The molecule has 0 heterocycles. The molecular weight excluding hydrogens is 207 g/mol. The zero-order valence-electron chi connectivity index (χ0n) is 7.97. The van der Waals surface area contributed by atoms with Crippen LogP contribution >= 0.6 is 0 Å². The summed E-state index contributed by atoms with van der Waals surface area (Å²) in [6.07, 6.45) is -4.32. The Labute approximate surface area is 84.8 Å². The summed E-state index contributed by atoms with van der Waals surface area (Å²) in [6, 6.07) is 4.59. The first-order valence-corrected chi connectivity index (χ1v) is 4.10. The number of benzene rings is 1. The topological polar surface area (TPSA) is 50.4 Å². The van der Waals surface area contributed by atoms with Crippen molar-refractivity contribution < 1.29 is 13.2 Å². The largest absolute Gasteiger partial charge is 0.416 e. The van der Waals surface area contributed by atoms with Crippen LogP contribution in [0.4, 0.5) is 13.2 Å². The predicted octanol–water partition coefficient (Wildman–Crippen LogP) is 1.55. The number of hydrazine groups is 1. The van der Waals surface area contributed by atoms with Crippen LogP contribution < -0.4 is 11.3 Å². The maximum absolute atomic E-state index is 12.2. The molecule has 0 spiro atoms. The Morgan fingerprint density at radius 3 is 2.13 bits per heavy atom. The van der Waals surface area contributed by atoms with E-state index in [4.69, 9.17) is 5.84 Å². The maximum Gasteiger partial charge on any atom is 0.416 e. The molecule has 0 aliphatic rings. The smallest absolute Gasteiger partial charge is 0.308 e. The van der Waals surface area contributed by atoms with Crippen LogP contribution in [-0.2, 0) is 6.18 Å². The van der Waals surface area contributed by atoms with Crippen molar-refractivity contribution in [3.63, 3.8) is 0 Å². The summed E-state index contributed by atoms with van der Waals surface area (Å²) in [6.45, 7) is 0. The molecule has 0 aliphatic carbocycles. The summed E-state index contributed by atoms with van der Waals surface area (Å²) in [5, 5.41) is 0.